The van der Waals surface area contributed by atoms with Crippen LogP contribution in [-0.4, -0.2) is 17.5 Å². The largest absolute Gasteiger partial charge is 0.329 e. The third kappa shape index (κ3) is 5.12. The van der Waals surface area contributed by atoms with Gasteiger partial charge in [0.25, 0.3) is 0 Å². The van der Waals surface area contributed by atoms with E-state index < -0.39 is 0 Å². The van der Waals surface area contributed by atoms with E-state index in [9.17, 15) is 0 Å². The Hall–Kier alpha value is 0.310. The number of rotatable bonds is 5. The topological polar surface area (TPSA) is 26.0 Å². The molecule has 0 aromatic rings. The van der Waals surface area contributed by atoms with Gasteiger partial charge >= 0.3 is 0 Å². The van der Waals surface area contributed by atoms with E-state index in [0.29, 0.717) is 5.25 Å². The Bertz CT molecular complexity index is 65.7. The molecule has 2 atom stereocenters. The molecular weight excluding hydrogens is 142 g/mol. The number of hydrogen-bond acceptors (Lipinski definition) is 2. The van der Waals surface area contributed by atoms with Crippen molar-refractivity contribution in [2.45, 2.75) is 32.4 Å². The highest BCUT2D eigenvalue weighted by Gasteiger charge is 2.02. The molecular formula is C8H19NS. The van der Waals surface area contributed by atoms with Crippen LogP contribution in [0.15, 0.2) is 0 Å². The van der Waals surface area contributed by atoms with Crippen molar-refractivity contribution >= 4 is 11.8 Å². The van der Waals surface area contributed by atoms with Crippen molar-refractivity contribution in [1.82, 2.24) is 0 Å². The fourth-order valence-electron chi connectivity index (χ4n) is 0.514. The smallest absolute Gasteiger partial charge is 0.0142 e. The van der Waals surface area contributed by atoms with Gasteiger partial charge in [0, 0.05) is 11.8 Å². The Labute approximate surface area is 68.8 Å². The van der Waals surface area contributed by atoms with E-state index in [1.807, 2.05) is 11.8 Å². The average molecular weight is 161 g/mol. The van der Waals surface area contributed by atoms with Crippen molar-refractivity contribution in [2.24, 2.45) is 11.7 Å². The van der Waals surface area contributed by atoms with Crippen molar-refractivity contribution in [3.05, 3.63) is 0 Å². The zero-order chi connectivity index (χ0) is 7.98. The Kier molecular flexibility index (Phi) is 6.24. The van der Waals surface area contributed by atoms with Gasteiger partial charge in [-0.2, -0.15) is 11.8 Å². The first-order valence-electron chi connectivity index (χ1n) is 4.02. The highest BCUT2D eigenvalue weighted by Crippen LogP contribution is 2.15. The van der Waals surface area contributed by atoms with Gasteiger partial charge in [-0.05, 0) is 11.7 Å². The molecule has 62 valence electrons. The molecule has 0 aliphatic heterocycles. The van der Waals surface area contributed by atoms with E-state index in [4.69, 9.17) is 5.73 Å². The average Bonchev–Trinajstić information content (AvgIpc) is 1.99. The van der Waals surface area contributed by atoms with E-state index >= 15 is 0 Å². The van der Waals surface area contributed by atoms with Crippen molar-refractivity contribution in [3.8, 4) is 0 Å². The van der Waals surface area contributed by atoms with Crippen molar-refractivity contribution < 1.29 is 0 Å². The monoisotopic (exact) mass is 161 g/mol. The lowest BCUT2D eigenvalue weighted by Crippen LogP contribution is -2.14. The summed E-state index contributed by atoms with van der Waals surface area (Å²) in [5.41, 5.74) is 5.48. The molecule has 0 amide bonds. The molecule has 10 heavy (non-hydrogen) atoms. The summed E-state index contributed by atoms with van der Waals surface area (Å²) in [6.45, 7) is 7.52. The first-order chi connectivity index (χ1) is 4.70. The van der Waals surface area contributed by atoms with E-state index in [-0.39, 0.29) is 0 Å². The van der Waals surface area contributed by atoms with Crippen LogP contribution >= 0.6 is 11.8 Å². The molecule has 0 bridgehead atoms. The van der Waals surface area contributed by atoms with E-state index in [2.05, 4.69) is 20.8 Å². The molecule has 0 saturated carbocycles. The van der Waals surface area contributed by atoms with Gasteiger partial charge in [-0.25, -0.2) is 0 Å². The minimum atomic E-state index is 0.633. The molecule has 0 saturated heterocycles. The van der Waals surface area contributed by atoms with E-state index in [1.54, 1.807) is 0 Å². The number of nitrogens with two attached hydrogens (primary N) is 1. The second-order valence-corrected chi connectivity index (χ2v) is 4.36. The Morgan fingerprint density at radius 1 is 1.40 bits per heavy atom. The molecule has 1 nitrogen and oxygen atoms in total. The summed E-state index contributed by atoms with van der Waals surface area (Å²) in [4.78, 5) is 0. The standard InChI is InChI=1S/C8H19NS/c1-4-7(2)6-10-8(3)5-9/h7-8H,4-6,9H2,1-3H3. The molecule has 0 aromatic heterocycles. The minimum absolute atomic E-state index is 0.633. The zero-order valence-electron chi connectivity index (χ0n) is 7.26. The summed E-state index contributed by atoms with van der Waals surface area (Å²) >= 11 is 1.98. The summed E-state index contributed by atoms with van der Waals surface area (Å²) in [5.74, 6) is 2.11. The SMILES string of the molecule is CCC(C)CSC(C)CN. The molecule has 0 radical (unpaired) electrons. The van der Waals surface area contributed by atoms with Gasteiger partial charge in [-0.15, -0.1) is 0 Å². The first kappa shape index (κ1) is 10.3. The molecule has 0 aliphatic rings. The van der Waals surface area contributed by atoms with Crippen LogP contribution < -0.4 is 5.73 Å². The highest BCUT2D eigenvalue weighted by molar-refractivity contribution is 7.99. The van der Waals surface area contributed by atoms with Gasteiger partial charge in [-0.3, -0.25) is 0 Å². The predicted molar refractivity (Wildman–Crippen MR) is 50.4 cm³/mol. The Balaban J connectivity index is 3.17. The van der Waals surface area contributed by atoms with Crippen LogP contribution in [0.2, 0.25) is 0 Å². The fourth-order valence-corrected chi connectivity index (χ4v) is 1.54. The van der Waals surface area contributed by atoms with Crippen LogP contribution in [0.3, 0.4) is 0 Å². The third-order valence-corrected chi connectivity index (χ3v) is 3.22. The van der Waals surface area contributed by atoms with Gasteiger partial charge in [0.2, 0.25) is 0 Å². The summed E-state index contributed by atoms with van der Waals surface area (Å²) in [6.07, 6.45) is 1.28. The second-order valence-electron chi connectivity index (χ2n) is 2.89. The quantitative estimate of drug-likeness (QED) is 0.668. The molecule has 0 spiro atoms. The summed E-state index contributed by atoms with van der Waals surface area (Å²) in [7, 11) is 0. The van der Waals surface area contributed by atoms with Gasteiger partial charge in [-0.1, -0.05) is 27.2 Å². The van der Waals surface area contributed by atoms with Crippen molar-refractivity contribution in [3.63, 3.8) is 0 Å². The van der Waals surface area contributed by atoms with Crippen molar-refractivity contribution in [2.75, 3.05) is 12.3 Å². The van der Waals surface area contributed by atoms with Crippen LogP contribution in [0, 0.1) is 5.92 Å². The summed E-state index contributed by atoms with van der Waals surface area (Å²) in [6, 6.07) is 0. The maximum Gasteiger partial charge on any atom is 0.0142 e. The molecule has 0 aliphatic carbocycles. The zero-order valence-corrected chi connectivity index (χ0v) is 8.08. The summed E-state index contributed by atoms with van der Waals surface area (Å²) < 4.78 is 0. The third-order valence-electron chi connectivity index (χ3n) is 1.69. The lowest BCUT2D eigenvalue weighted by molar-refractivity contribution is 0.635. The first-order valence-corrected chi connectivity index (χ1v) is 5.07. The second kappa shape index (κ2) is 6.05. The molecule has 0 heterocycles. The molecule has 0 fully saturated rings. The Morgan fingerprint density at radius 2 is 2.00 bits per heavy atom. The Morgan fingerprint density at radius 3 is 2.40 bits per heavy atom. The van der Waals surface area contributed by atoms with Gasteiger partial charge in [0.15, 0.2) is 0 Å². The van der Waals surface area contributed by atoms with Crippen LogP contribution in [0.25, 0.3) is 0 Å². The van der Waals surface area contributed by atoms with Crippen LogP contribution in [0.5, 0.6) is 0 Å². The predicted octanol–water partition coefficient (Wildman–Crippen LogP) is 2.11. The van der Waals surface area contributed by atoms with Crippen molar-refractivity contribution in [1.29, 1.82) is 0 Å². The molecule has 2 N–H and O–H groups in total. The lowest BCUT2D eigenvalue weighted by atomic mass is 10.2. The van der Waals surface area contributed by atoms with Gasteiger partial charge < -0.3 is 5.73 Å². The highest BCUT2D eigenvalue weighted by atomic mass is 32.2. The molecule has 2 heteroatoms. The minimum Gasteiger partial charge on any atom is -0.329 e. The van der Waals surface area contributed by atoms with E-state index in [1.165, 1.54) is 12.2 Å². The summed E-state index contributed by atoms with van der Waals surface area (Å²) in [5, 5.41) is 0.633. The maximum absolute atomic E-state index is 5.48. The normalized spacial score (nSPS) is 16.8. The number of hydrogen-bond donors (Lipinski definition) is 1. The van der Waals surface area contributed by atoms with Crippen LogP contribution in [0.4, 0.5) is 0 Å². The van der Waals surface area contributed by atoms with Crippen LogP contribution in [-0.2, 0) is 0 Å². The lowest BCUT2D eigenvalue weighted by Gasteiger charge is -2.11. The van der Waals surface area contributed by atoms with Gasteiger partial charge in [0.1, 0.15) is 0 Å². The maximum atomic E-state index is 5.48. The van der Waals surface area contributed by atoms with E-state index in [0.717, 1.165) is 12.5 Å². The molecule has 0 aromatic carbocycles. The fraction of sp³-hybridized carbons (Fsp3) is 1.00. The number of thioether (sulfide) groups is 1. The molecule has 2 unspecified atom stereocenters. The molecule has 0 rings (SSSR count). The van der Waals surface area contributed by atoms with Gasteiger partial charge in [0.05, 0.1) is 0 Å². The van der Waals surface area contributed by atoms with Crippen LogP contribution in [0.1, 0.15) is 27.2 Å².